The van der Waals surface area contributed by atoms with Gasteiger partial charge in [-0.3, -0.25) is 0 Å². The van der Waals surface area contributed by atoms with Crippen LogP contribution < -0.4 is 10.6 Å². The maximum atomic E-state index is 5.91. The number of halogens is 1. The number of nitrogens with zero attached hydrogens (tertiary/aromatic N) is 1. The van der Waals surface area contributed by atoms with Crippen LogP contribution in [0.5, 0.6) is 0 Å². The summed E-state index contributed by atoms with van der Waals surface area (Å²) in [6.45, 7) is 3.18. The van der Waals surface area contributed by atoms with Gasteiger partial charge in [-0.15, -0.1) is 0 Å². The smallest absolute Gasteiger partial charge is 0.0433 e. The molecule has 2 nitrogen and oxygen atoms in total. The Hall–Kier alpha value is -1.48. The van der Waals surface area contributed by atoms with Crippen LogP contribution in [0.1, 0.15) is 18.1 Å². The van der Waals surface area contributed by atoms with E-state index in [-0.39, 0.29) is 0 Å². The number of nitrogens with two attached hydrogens (primary N) is 1. The molecule has 1 unspecified atom stereocenters. The van der Waals surface area contributed by atoms with E-state index < -0.39 is 0 Å². The van der Waals surface area contributed by atoms with Crippen molar-refractivity contribution >= 4 is 27.3 Å². The molecule has 1 heterocycles. The fourth-order valence-corrected chi connectivity index (χ4v) is 3.39. The standard InChI is InChI=1S/C16H17BrN2/c1-11-6-13-4-2-3-5-16(13)19(11)10-12-7-14(17)9-15(18)8-12/h2-5,7-9,11H,6,10,18H2,1H3. The van der Waals surface area contributed by atoms with Crippen LogP contribution in [0.15, 0.2) is 46.9 Å². The number of hydrogen-bond acceptors (Lipinski definition) is 2. The van der Waals surface area contributed by atoms with Crippen molar-refractivity contribution in [3.05, 3.63) is 58.1 Å². The molecule has 1 atom stereocenters. The topological polar surface area (TPSA) is 29.3 Å². The second-order valence-electron chi connectivity index (χ2n) is 5.20. The summed E-state index contributed by atoms with van der Waals surface area (Å²) in [6.07, 6.45) is 1.12. The van der Waals surface area contributed by atoms with Gasteiger partial charge in [0.25, 0.3) is 0 Å². The fraction of sp³-hybridized carbons (Fsp3) is 0.250. The lowest BCUT2D eigenvalue weighted by Crippen LogP contribution is -2.28. The molecule has 3 rings (SSSR count). The minimum atomic E-state index is 0.539. The quantitative estimate of drug-likeness (QED) is 0.849. The molecule has 3 heteroatoms. The number of para-hydroxylation sites is 1. The maximum Gasteiger partial charge on any atom is 0.0433 e. The minimum absolute atomic E-state index is 0.539. The number of anilines is 2. The lowest BCUT2D eigenvalue weighted by Gasteiger charge is -2.25. The molecule has 0 aliphatic carbocycles. The van der Waals surface area contributed by atoms with Crippen LogP contribution in [0.2, 0.25) is 0 Å². The van der Waals surface area contributed by atoms with E-state index in [1.807, 2.05) is 6.07 Å². The zero-order valence-corrected chi connectivity index (χ0v) is 12.5. The molecule has 1 aliphatic rings. The van der Waals surface area contributed by atoms with Crippen molar-refractivity contribution in [1.82, 2.24) is 0 Å². The Morgan fingerprint density at radius 2 is 2.05 bits per heavy atom. The van der Waals surface area contributed by atoms with E-state index in [2.05, 4.69) is 64.2 Å². The van der Waals surface area contributed by atoms with Crippen molar-refractivity contribution in [2.45, 2.75) is 25.9 Å². The molecular formula is C16H17BrN2. The number of rotatable bonds is 2. The Bertz CT molecular complexity index is 589. The molecule has 0 spiro atoms. The van der Waals surface area contributed by atoms with E-state index >= 15 is 0 Å². The third-order valence-electron chi connectivity index (χ3n) is 3.68. The summed E-state index contributed by atoms with van der Waals surface area (Å²) >= 11 is 3.51. The largest absolute Gasteiger partial charge is 0.399 e. The fourth-order valence-electron chi connectivity index (χ4n) is 2.83. The first-order valence-electron chi connectivity index (χ1n) is 6.53. The van der Waals surface area contributed by atoms with Gasteiger partial charge in [0.1, 0.15) is 0 Å². The Morgan fingerprint density at radius 1 is 1.26 bits per heavy atom. The molecule has 2 aromatic carbocycles. The first-order valence-corrected chi connectivity index (χ1v) is 7.32. The second kappa shape index (κ2) is 4.89. The molecule has 2 N–H and O–H groups in total. The third kappa shape index (κ3) is 2.47. The van der Waals surface area contributed by atoms with Crippen molar-refractivity contribution in [1.29, 1.82) is 0 Å². The van der Waals surface area contributed by atoms with Gasteiger partial charge in [-0.1, -0.05) is 34.1 Å². The van der Waals surface area contributed by atoms with Gasteiger partial charge in [-0.2, -0.15) is 0 Å². The van der Waals surface area contributed by atoms with Crippen molar-refractivity contribution in [3.63, 3.8) is 0 Å². The van der Waals surface area contributed by atoms with E-state index in [0.717, 1.165) is 23.1 Å². The maximum absolute atomic E-state index is 5.91. The molecule has 2 aromatic rings. The predicted molar refractivity (Wildman–Crippen MR) is 84.3 cm³/mol. The molecule has 19 heavy (non-hydrogen) atoms. The molecule has 98 valence electrons. The Balaban J connectivity index is 1.91. The van der Waals surface area contributed by atoms with Gasteiger partial charge in [-0.25, -0.2) is 0 Å². The van der Waals surface area contributed by atoms with Gasteiger partial charge in [-0.05, 0) is 48.7 Å². The molecule has 0 saturated carbocycles. The summed E-state index contributed by atoms with van der Waals surface area (Å²) in [7, 11) is 0. The second-order valence-corrected chi connectivity index (χ2v) is 6.12. The van der Waals surface area contributed by atoms with Gasteiger partial charge < -0.3 is 10.6 Å². The van der Waals surface area contributed by atoms with Crippen LogP contribution in [0, 0.1) is 0 Å². The van der Waals surface area contributed by atoms with Crippen molar-refractivity contribution in [3.8, 4) is 0 Å². The predicted octanol–water partition coefficient (Wildman–Crippen LogP) is 3.98. The number of benzene rings is 2. The monoisotopic (exact) mass is 316 g/mol. The highest BCUT2D eigenvalue weighted by atomic mass is 79.9. The normalized spacial score (nSPS) is 17.6. The van der Waals surface area contributed by atoms with Crippen LogP contribution in [-0.2, 0) is 13.0 Å². The van der Waals surface area contributed by atoms with Gasteiger partial charge in [0.05, 0.1) is 0 Å². The summed E-state index contributed by atoms with van der Waals surface area (Å²) in [5, 5.41) is 0. The van der Waals surface area contributed by atoms with E-state index in [1.165, 1.54) is 16.8 Å². The molecule has 1 aliphatic heterocycles. The van der Waals surface area contributed by atoms with Crippen molar-refractivity contribution < 1.29 is 0 Å². The average molecular weight is 317 g/mol. The number of fused-ring (bicyclic) bond motifs is 1. The zero-order chi connectivity index (χ0) is 13.4. The van der Waals surface area contributed by atoms with Gasteiger partial charge in [0, 0.05) is 28.4 Å². The Labute approximate surface area is 122 Å². The Kier molecular flexibility index (Phi) is 3.23. The van der Waals surface area contributed by atoms with Crippen LogP contribution in [0.25, 0.3) is 0 Å². The molecule has 0 aromatic heterocycles. The number of hydrogen-bond donors (Lipinski definition) is 1. The first-order chi connectivity index (χ1) is 9.13. The lowest BCUT2D eigenvalue weighted by molar-refractivity contribution is 0.672. The SMILES string of the molecule is CC1Cc2ccccc2N1Cc1cc(N)cc(Br)c1. The molecule has 0 bridgehead atoms. The lowest BCUT2D eigenvalue weighted by atomic mass is 10.1. The van der Waals surface area contributed by atoms with E-state index in [4.69, 9.17) is 5.73 Å². The van der Waals surface area contributed by atoms with Crippen LogP contribution in [-0.4, -0.2) is 6.04 Å². The van der Waals surface area contributed by atoms with Crippen molar-refractivity contribution in [2.24, 2.45) is 0 Å². The summed E-state index contributed by atoms with van der Waals surface area (Å²) in [5.74, 6) is 0. The van der Waals surface area contributed by atoms with Crippen LogP contribution in [0.4, 0.5) is 11.4 Å². The van der Waals surface area contributed by atoms with Crippen LogP contribution in [0.3, 0.4) is 0 Å². The van der Waals surface area contributed by atoms with Gasteiger partial charge in [0.2, 0.25) is 0 Å². The highest BCUT2D eigenvalue weighted by molar-refractivity contribution is 9.10. The number of nitrogen functional groups attached to an aromatic ring is 1. The highest BCUT2D eigenvalue weighted by Gasteiger charge is 2.25. The molecule has 0 saturated heterocycles. The highest BCUT2D eigenvalue weighted by Crippen LogP contribution is 2.33. The summed E-state index contributed by atoms with van der Waals surface area (Å²) in [4.78, 5) is 2.45. The summed E-state index contributed by atoms with van der Waals surface area (Å²) in [5.41, 5.74) is 10.8. The third-order valence-corrected chi connectivity index (χ3v) is 4.14. The molecule has 0 amide bonds. The van der Waals surface area contributed by atoms with Gasteiger partial charge in [0.15, 0.2) is 0 Å². The first kappa shape index (κ1) is 12.5. The van der Waals surface area contributed by atoms with Gasteiger partial charge >= 0.3 is 0 Å². The van der Waals surface area contributed by atoms with E-state index in [9.17, 15) is 0 Å². The summed E-state index contributed by atoms with van der Waals surface area (Å²) in [6, 6.07) is 15.3. The Morgan fingerprint density at radius 3 is 2.84 bits per heavy atom. The van der Waals surface area contributed by atoms with E-state index in [1.54, 1.807) is 0 Å². The summed E-state index contributed by atoms with van der Waals surface area (Å²) < 4.78 is 1.04. The zero-order valence-electron chi connectivity index (χ0n) is 10.9. The molecule has 0 fully saturated rings. The van der Waals surface area contributed by atoms with Crippen molar-refractivity contribution in [2.75, 3.05) is 10.6 Å². The molecule has 0 radical (unpaired) electrons. The minimum Gasteiger partial charge on any atom is -0.399 e. The van der Waals surface area contributed by atoms with E-state index in [0.29, 0.717) is 6.04 Å². The molecular weight excluding hydrogens is 300 g/mol. The van der Waals surface area contributed by atoms with Crippen LogP contribution >= 0.6 is 15.9 Å². The average Bonchev–Trinajstić information content (AvgIpc) is 2.65.